The SMILES string of the molecule is CC(C1CC1)n1nccc1NC(=O)COc1ccccc1C=O. The average molecular weight is 313 g/mol. The molecule has 1 amide bonds. The number of anilines is 1. The van der Waals surface area contributed by atoms with E-state index in [0.29, 0.717) is 29.3 Å². The van der Waals surface area contributed by atoms with Gasteiger partial charge in [-0.15, -0.1) is 0 Å². The minimum atomic E-state index is -0.282. The van der Waals surface area contributed by atoms with Gasteiger partial charge in [-0.25, -0.2) is 4.68 Å². The number of aldehydes is 1. The summed E-state index contributed by atoms with van der Waals surface area (Å²) in [5, 5.41) is 7.10. The van der Waals surface area contributed by atoms with Gasteiger partial charge >= 0.3 is 0 Å². The summed E-state index contributed by atoms with van der Waals surface area (Å²) in [7, 11) is 0. The van der Waals surface area contributed by atoms with Gasteiger partial charge < -0.3 is 10.1 Å². The topological polar surface area (TPSA) is 73.2 Å². The molecule has 1 aromatic heterocycles. The molecule has 0 aliphatic heterocycles. The van der Waals surface area contributed by atoms with Gasteiger partial charge in [0.25, 0.3) is 5.91 Å². The highest BCUT2D eigenvalue weighted by Crippen LogP contribution is 2.40. The Bertz CT molecular complexity index is 707. The van der Waals surface area contributed by atoms with E-state index in [0.717, 1.165) is 0 Å². The first kappa shape index (κ1) is 15.3. The molecule has 3 rings (SSSR count). The maximum atomic E-state index is 12.1. The molecular formula is C17H19N3O3. The second-order valence-corrected chi connectivity index (χ2v) is 5.73. The van der Waals surface area contributed by atoms with Gasteiger partial charge in [-0.1, -0.05) is 12.1 Å². The van der Waals surface area contributed by atoms with Crippen LogP contribution in [0.25, 0.3) is 0 Å². The van der Waals surface area contributed by atoms with Crippen LogP contribution in [0, 0.1) is 5.92 Å². The zero-order valence-corrected chi connectivity index (χ0v) is 12.9. The quantitative estimate of drug-likeness (QED) is 0.798. The van der Waals surface area contributed by atoms with E-state index >= 15 is 0 Å². The van der Waals surface area contributed by atoms with Gasteiger partial charge in [-0.2, -0.15) is 5.10 Å². The molecule has 1 unspecified atom stereocenters. The lowest BCUT2D eigenvalue weighted by molar-refractivity contribution is -0.118. The molecule has 0 bridgehead atoms. The molecule has 6 heteroatoms. The maximum Gasteiger partial charge on any atom is 0.263 e. The Morgan fingerprint density at radius 3 is 2.96 bits per heavy atom. The molecule has 1 heterocycles. The van der Waals surface area contributed by atoms with Crippen LogP contribution in [0.3, 0.4) is 0 Å². The molecular weight excluding hydrogens is 294 g/mol. The lowest BCUT2D eigenvalue weighted by Crippen LogP contribution is -2.23. The van der Waals surface area contributed by atoms with Crippen LogP contribution in [0.5, 0.6) is 5.75 Å². The smallest absolute Gasteiger partial charge is 0.263 e. The number of para-hydroxylation sites is 1. The van der Waals surface area contributed by atoms with E-state index in [1.54, 1.807) is 36.5 Å². The van der Waals surface area contributed by atoms with Gasteiger partial charge in [-0.3, -0.25) is 9.59 Å². The Labute approximate surface area is 134 Å². The van der Waals surface area contributed by atoms with Crippen LogP contribution in [-0.4, -0.2) is 28.6 Å². The van der Waals surface area contributed by atoms with Crippen LogP contribution in [0.1, 0.15) is 36.2 Å². The highest BCUT2D eigenvalue weighted by atomic mass is 16.5. The van der Waals surface area contributed by atoms with Crippen molar-refractivity contribution in [3.63, 3.8) is 0 Å². The number of benzene rings is 1. The lowest BCUT2D eigenvalue weighted by atomic mass is 10.2. The fraction of sp³-hybridized carbons (Fsp3) is 0.353. The number of hydrogen-bond donors (Lipinski definition) is 1. The van der Waals surface area contributed by atoms with E-state index in [2.05, 4.69) is 17.3 Å². The number of carbonyl (C=O) groups excluding carboxylic acids is 2. The summed E-state index contributed by atoms with van der Waals surface area (Å²) in [6.07, 6.45) is 4.80. The van der Waals surface area contributed by atoms with Gasteiger partial charge in [0.05, 0.1) is 17.8 Å². The van der Waals surface area contributed by atoms with E-state index in [9.17, 15) is 9.59 Å². The Kier molecular flexibility index (Phi) is 4.41. The first-order valence-corrected chi connectivity index (χ1v) is 7.69. The first-order valence-electron chi connectivity index (χ1n) is 7.69. The maximum absolute atomic E-state index is 12.1. The van der Waals surface area contributed by atoms with Crippen LogP contribution in [0.2, 0.25) is 0 Å². The van der Waals surface area contributed by atoms with Crippen molar-refractivity contribution in [3.05, 3.63) is 42.1 Å². The van der Waals surface area contributed by atoms with Crippen molar-refractivity contribution < 1.29 is 14.3 Å². The standard InChI is InChI=1S/C17H19N3O3/c1-12(13-6-7-13)20-16(8-9-18-20)19-17(22)11-23-15-5-3-2-4-14(15)10-21/h2-5,8-10,12-13H,6-7,11H2,1H3,(H,19,22). The monoisotopic (exact) mass is 313 g/mol. The molecule has 0 spiro atoms. The average Bonchev–Trinajstić information content (AvgIpc) is 3.32. The molecule has 0 saturated heterocycles. The van der Waals surface area contributed by atoms with Gasteiger partial charge in [0.1, 0.15) is 11.6 Å². The zero-order chi connectivity index (χ0) is 16.2. The Morgan fingerprint density at radius 1 is 1.43 bits per heavy atom. The molecule has 2 aromatic rings. The van der Waals surface area contributed by atoms with Gasteiger partial charge in [0.2, 0.25) is 0 Å². The fourth-order valence-electron chi connectivity index (χ4n) is 2.55. The van der Waals surface area contributed by atoms with E-state index in [4.69, 9.17) is 4.74 Å². The number of rotatable bonds is 7. The van der Waals surface area contributed by atoms with Crippen LogP contribution < -0.4 is 10.1 Å². The van der Waals surface area contributed by atoms with Crippen molar-refractivity contribution in [2.45, 2.75) is 25.8 Å². The molecule has 6 nitrogen and oxygen atoms in total. The van der Waals surface area contributed by atoms with Crippen LogP contribution in [-0.2, 0) is 4.79 Å². The summed E-state index contributed by atoms with van der Waals surface area (Å²) in [6, 6.07) is 8.86. The number of aromatic nitrogens is 2. The van der Waals surface area contributed by atoms with Crippen LogP contribution in [0.4, 0.5) is 5.82 Å². The molecule has 1 aromatic carbocycles. The second-order valence-electron chi connectivity index (χ2n) is 5.73. The van der Waals surface area contributed by atoms with Crippen molar-refractivity contribution >= 4 is 18.0 Å². The van der Waals surface area contributed by atoms with E-state index in [1.165, 1.54) is 12.8 Å². The minimum absolute atomic E-state index is 0.159. The third kappa shape index (κ3) is 3.59. The summed E-state index contributed by atoms with van der Waals surface area (Å²) < 4.78 is 7.27. The van der Waals surface area contributed by atoms with E-state index in [-0.39, 0.29) is 18.6 Å². The fourth-order valence-corrected chi connectivity index (χ4v) is 2.55. The van der Waals surface area contributed by atoms with E-state index in [1.807, 2.05) is 4.68 Å². The number of carbonyl (C=O) groups is 2. The summed E-state index contributed by atoms with van der Waals surface area (Å²) in [4.78, 5) is 23.0. The highest BCUT2D eigenvalue weighted by molar-refractivity contribution is 5.91. The normalized spacial score (nSPS) is 15.0. The predicted octanol–water partition coefficient (Wildman–Crippen LogP) is 2.68. The number of nitrogens with zero attached hydrogens (tertiary/aromatic N) is 2. The number of amides is 1. The molecule has 1 atom stereocenters. The van der Waals surface area contributed by atoms with Crippen molar-refractivity contribution in [1.29, 1.82) is 0 Å². The molecule has 1 N–H and O–H groups in total. The Balaban J connectivity index is 1.59. The third-order valence-corrected chi connectivity index (χ3v) is 4.03. The molecule has 1 saturated carbocycles. The van der Waals surface area contributed by atoms with Gasteiger partial charge in [0, 0.05) is 6.07 Å². The summed E-state index contributed by atoms with van der Waals surface area (Å²) >= 11 is 0. The van der Waals surface area contributed by atoms with Crippen molar-refractivity contribution in [3.8, 4) is 5.75 Å². The number of ether oxygens (including phenoxy) is 1. The highest BCUT2D eigenvalue weighted by Gasteiger charge is 2.30. The zero-order valence-electron chi connectivity index (χ0n) is 12.9. The van der Waals surface area contributed by atoms with Crippen molar-refractivity contribution in [2.75, 3.05) is 11.9 Å². The number of hydrogen-bond acceptors (Lipinski definition) is 4. The Morgan fingerprint density at radius 2 is 2.22 bits per heavy atom. The molecule has 23 heavy (non-hydrogen) atoms. The van der Waals surface area contributed by atoms with E-state index < -0.39 is 0 Å². The molecule has 120 valence electrons. The first-order chi connectivity index (χ1) is 11.2. The van der Waals surface area contributed by atoms with Crippen molar-refractivity contribution in [1.82, 2.24) is 9.78 Å². The van der Waals surface area contributed by atoms with Gasteiger partial charge in [0.15, 0.2) is 12.9 Å². The minimum Gasteiger partial charge on any atom is -0.483 e. The molecule has 1 aliphatic carbocycles. The Hall–Kier alpha value is -2.63. The molecule has 1 fully saturated rings. The second kappa shape index (κ2) is 6.64. The predicted molar refractivity (Wildman–Crippen MR) is 85.6 cm³/mol. The number of nitrogens with one attached hydrogen (secondary N) is 1. The summed E-state index contributed by atoms with van der Waals surface area (Å²) in [5.74, 6) is 1.43. The van der Waals surface area contributed by atoms with Gasteiger partial charge in [-0.05, 0) is 37.8 Å². The lowest BCUT2D eigenvalue weighted by Gasteiger charge is -2.15. The van der Waals surface area contributed by atoms with Crippen molar-refractivity contribution in [2.24, 2.45) is 5.92 Å². The summed E-state index contributed by atoms with van der Waals surface area (Å²) in [6.45, 7) is 1.95. The van der Waals surface area contributed by atoms with Crippen LogP contribution in [0.15, 0.2) is 36.5 Å². The van der Waals surface area contributed by atoms with Crippen LogP contribution >= 0.6 is 0 Å². The summed E-state index contributed by atoms with van der Waals surface area (Å²) in [5.41, 5.74) is 0.424. The molecule has 1 aliphatic rings. The largest absolute Gasteiger partial charge is 0.483 e. The molecule has 0 radical (unpaired) electrons. The third-order valence-electron chi connectivity index (χ3n) is 4.03.